The number of aliphatic imine (C=N–C) groups is 1. The maximum absolute atomic E-state index is 12.5. The molecule has 19 heavy (non-hydrogen) atoms. The smallest absolute Gasteiger partial charge is 0.211 e. The predicted molar refractivity (Wildman–Crippen MR) is 76.7 cm³/mol. The van der Waals surface area contributed by atoms with Crippen LogP contribution in [0.5, 0.6) is 0 Å². The molecule has 0 aliphatic carbocycles. The van der Waals surface area contributed by atoms with Gasteiger partial charge in [0.2, 0.25) is 16.1 Å². The Morgan fingerprint density at radius 3 is 2.89 bits per heavy atom. The summed E-state index contributed by atoms with van der Waals surface area (Å²) in [6.45, 7) is 2.51. The first-order valence-corrected chi connectivity index (χ1v) is 8.83. The summed E-state index contributed by atoms with van der Waals surface area (Å²) in [5, 5.41) is 0. The van der Waals surface area contributed by atoms with Crippen LogP contribution in [-0.2, 0) is 14.8 Å². The van der Waals surface area contributed by atoms with E-state index in [0.717, 1.165) is 15.1 Å². The third kappa shape index (κ3) is 3.14. The van der Waals surface area contributed by atoms with Crippen molar-refractivity contribution in [2.45, 2.75) is 30.7 Å². The summed E-state index contributed by atoms with van der Waals surface area (Å²) >= 11 is 4.70. The van der Waals surface area contributed by atoms with Gasteiger partial charge in [-0.15, -0.1) is 11.3 Å². The Hall–Kier alpha value is -0.530. The number of aryl methyl sites for hydroxylation is 1. The molecule has 5 nitrogen and oxygen atoms in total. The molecule has 8 heteroatoms. The van der Waals surface area contributed by atoms with E-state index >= 15 is 0 Å². The van der Waals surface area contributed by atoms with Crippen molar-refractivity contribution < 1.29 is 13.2 Å². The van der Waals surface area contributed by atoms with E-state index in [4.69, 9.17) is 0 Å². The molecule has 0 aromatic carbocycles. The molecule has 2 rings (SSSR count). The number of isocyanates is 1. The Morgan fingerprint density at radius 1 is 1.58 bits per heavy atom. The van der Waals surface area contributed by atoms with Crippen LogP contribution in [0.1, 0.15) is 17.7 Å². The molecule has 0 amide bonds. The van der Waals surface area contributed by atoms with Crippen molar-refractivity contribution in [3.63, 3.8) is 0 Å². The zero-order chi connectivity index (χ0) is 14.0. The molecule has 1 aliphatic heterocycles. The quantitative estimate of drug-likeness (QED) is 0.610. The highest BCUT2D eigenvalue weighted by molar-refractivity contribution is 9.11. The second-order valence-corrected chi connectivity index (χ2v) is 8.89. The van der Waals surface area contributed by atoms with Crippen molar-refractivity contribution in [2.75, 3.05) is 13.1 Å². The zero-order valence-electron chi connectivity index (χ0n) is 10.3. The number of nitrogens with zero attached hydrogens (tertiary/aromatic N) is 2. The van der Waals surface area contributed by atoms with Crippen molar-refractivity contribution in [3.8, 4) is 0 Å². The van der Waals surface area contributed by atoms with Crippen LogP contribution < -0.4 is 0 Å². The fourth-order valence-corrected chi connectivity index (χ4v) is 6.04. The second kappa shape index (κ2) is 5.85. The fraction of sp³-hybridized carbons (Fsp3) is 0.545. The van der Waals surface area contributed by atoms with E-state index in [9.17, 15) is 13.2 Å². The molecular formula is C11H13BrN2O3S2. The highest BCUT2D eigenvalue weighted by Crippen LogP contribution is 2.32. The van der Waals surface area contributed by atoms with Crippen molar-refractivity contribution >= 4 is 43.4 Å². The van der Waals surface area contributed by atoms with Crippen LogP contribution in [0.4, 0.5) is 0 Å². The Morgan fingerprint density at radius 2 is 2.32 bits per heavy atom. The van der Waals surface area contributed by atoms with Gasteiger partial charge in [-0.1, -0.05) is 0 Å². The van der Waals surface area contributed by atoms with Gasteiger partial charge in [0.05, 0.1) is 14.7 Å². The molecule has 1 unspecified atom stereocenters. The minimum Gasteiger partial charge on any atom is -0.211 e. The van der Waals surface area contributed by atoms with Crippen molar-refractivity contribution in [1.82, 2.24) is 4.31 Å². The van der Waals surface area contributed by atoms with Gasteiger partial charge in [-0.05, 0) is 41.8 Å². The molecule has 1 atom stereocenters. The molecule has 0 spiro atoms. The van der Waals surface area contributed by atoms with Gasteiger partial charge in [0.1, 0.15) is 0 Å². The van der Waals surface area contributed by atoms with Crippen LogP contribution in [0.3, 0.4) is 0 Å². The number of hydrogen-bond acceptors (Lipinski definition) is 5. The number of thiophene rings is 1. The van der Waals surface area contributed by atoms with E-state index in [1.807, 2.05) is 0 Å². The topological polar surface area (TPSA) is 66.8 Å². The summed E-state index contributed by atoms with van der Waals surface area (Å²) in [4.78, 5) is 15.0. The van der Waals surface area contributed by atoms with E-state index in [-0.39, 0.29) is 12.6 Å². The van der Waals surface area contributed by atoms with Gasteiger partial charge in [0.15, 0.2) is 0 Å². The number of rotatable bonds is 3. The van der Waals surface area contributed by atoms with Crippen molar-refractivity contribution in [1.29, 1.82) is 0 Å². The number of halogens is 1. The van der Waals surface area contributed by atoms with Crippen LogP contribution in [0.15, 0.2) is 19.7 Å². The minimum absolute atomic E-state index is 0.254. The maximum Gasteiger partial charge on any atom is 0.244 e. The molecule has 0 radical (unpaired) electrons. The monoisotopic (exact) mass is 364 g/mol. The Bertz CT molecular complexity index is 620. The third-order valence-corrected chi connectivity index (χ3v) is 6.73. The number of carbonyl (C=O) groups excluding carboxylic acids is 1. The Kier molecular flexibility index (Phi) is 4.58. The summed E-state index contributed by atoms with van der Waals surface area (Å²) in [5.41, 5.74) is 0. The summed E-state index contributed by atoms with van der Waals surface area (Å²) in [7, 11) is -3.50. The molecule has 1 fully saturated rings. The molecule has 1 saturated heterocycles. The Balaban J connectivity index is 2.29. The molecular weight excluding hydrogens is 352 g/mol. The number of sulfonamides is 1. The van der Waals surface area contributed by atoms with Crippen LogP contribution >= 0.6 is 27.3 Å². The molecule has 0 N–H and O–H groups in total. The summed E-state index contributed by atoms with van der Waals surface area (Å²) in [6, 6.07) is 1.35. The van der Waals surface area contributed by atoms with Crippen molar-refractivity contribution in [2.24, 2.45) is 4.99 Å². The number of hydrogen-bond donors (Lipinski definition) is 0. The highest BCUT2D eigenvalue weighted by Gasteiger charge is 2.32. The number of piperidine rings is 1. The summed E-state index contributed by atoms with van der Waals surface area (Å²) in [6.07, 6.45) is 2.95. The lowest BCUT2D eigenvalue weighted by Crippen LogP contribution is -2.41. The normalized spacial score (nSPS) is 21.1. The molecule has 1 aliphatic rings. The van der Waals surface area contributed by atoms with E-state index < -0.39 is 10.0 Å². The van der Waals surface area contributed by atoms with E-state index in [0.29, 0.717) is 17.9 Å². The summed E-state index contributed by atoms with van der Waals surface area (Å²) in [5.74, 6) is 0. The molecule has 104 valence electrons. The summed E-state index contributed by atoms with van der Waals surface area (Å²) < 4.78 is 27.3. The van der Waals surface area contributed by atoms with Gasteiger partial charge in [-0.2, -0.15) is 4.31 Å². The first-order valence-electron chi connectivity index (χ1n) is 5.78. The van der Waals surface area contributed by atoms with Crippen LogP contribution in [-0.4, -0.2) is 37.9 Å². The highest BCUT2D eigenvalue weighted by atomic mass is 79.9. The molecule has 2 heterocycles. The van der Waals surface area contributed by atoms with Crippen LogP contribution in [0.2, 0.25) is 0 Å². The Labute approximate surface area is 124 Å². The van der Waals surface area contributed by atoms with E-state index in [1.165, 1.54) is 21.7 Å². The van der Waals surface area contributed by atoms with E-state index in [1.54, 1.807) is 13.0 Å². The van der Waals surface area contributed by atoms with Crippen molar-refractivity contribution in [3.05, 3.63) is 14.7 Å². The van der Waals surface area contributed by atoms with Gasteiger partial charge in [0, 0.05) is 18.0 Å². The average Bonchev–Trinajstić information content (AvgIpc) is 2.70. The van der Waals surface area contributed by atoms with Crippen LogP contribution in [0.25, 0.3) is 0 Å². The van der Waals surface area contributed by atoms with Crippen LogP contribution in [0, 0.1) is 6.92 Å². The van der Waals surface area contributed by atoms with Gasteiger partial charge in [-0.25, -0.2) is 18.2 Å². The van der Waals surface area contributed by atoms with Gasteiger partial charge in [-0.3, -0.25) is 0 Å². The molecule has 1 aromatic heterocycles. The second-order valence-electron chi connectivity index (χ2n) is 4.35. The van der Waals surface area contributed by atoms with Gasteiger partial charge >= 0.3 is 0 Å². The van der Waals surface area contributed by atoms with E-state index in [2.05, 4.69) is 20.9 Å². The lowest BCUT2D eigenvalue weighted by atomic mass is 10.1. The maximum atomic E-state index is 12.5. The van der Waals surface area contributed by atoms with Gasteiger partial charge < -0.3 is 0 Å². The fourth-order valence-electron chi connectivity index (χ4n) is 2.15. The standard InChI is InChI=1S/C11H13BrN2O3S2/c1-8-10(5-11(12)18-8)19(16,17)14-4-2-3-9(6-14)13-7-15/h5,9H,2-4,6H2,1H3. The molecule has 1 aromatic rings. The SMILES string of the molecule is Cc1sc(Br)cc1S(=O)(=O)N1CCCC(N=C=O)C1. The predicted octanol–water partition coefficient (Wildman–Crippen LogP) is 2.31. The lowest BCUT2D eigenvalue weighted by Gasteiger charge is -2.29. The molecule has 0 bridgehead atoms. The third-order valence-electron chi connectivity index (χ3n) is 3.05. The average molecular weight is 365 g/mol. The largest absolute Gasteiger partial charge is 0.244 e. The molecule has 0 saturated carbocycles. The minimum atomic E-state index is -3.50. The lowest BCUT2D eigenvalue weighted by molar-refractivity contribution is 0.316. The first kappa shape index (κ1) is 14.9. The first-order chi connectivity index (χ1) is 8.95. The van der Waals surface area contributed by atoms with Gasteiger partial charge in [0.25, 0.3) is 0 Å². The zero-order valence-corrected chi connectivity index (χ0v) is 13.5.